The molecule has 9 nitrogen and oxygen atoms in total. The lowest BCUT2D eigenvalue weighted by Gasteiger charge is -2.42. The highest BCUT2D eigenvalue weighted by Crippen LogP contribution is 2.40. The van der Waals surface area contributed by atoms with Crippen LogP contribution in [0.5, 0.6) is 0 Å². The number of ether oxygens (including phenoxy) is 4. The summed E-state index contributed by atoms with van der Waals surface area (Å²) in [5.41, 5.74) is -1.40. The lowest BCUT2D eigenvalue weighted by atomic mass is 10.0. The van der Waals surface area contributed by atoms with Gasteiger partial charge < -0.3 is 18.9 Å². The second kappa shape index (κ2) is 15.6. The van der Waals surface area contributed by atoms with Gasteiger partial charge in [-0.15, -0.1) is 0 Å². The van der Waals surface area contributed by atoms with Gasteiger partial charge >= 0.3 is 12.4 Å². The Balaban J connectivity index is 1.62. The van der Waals surface area contributed by atoms with Crippen LogP contribution >= 0.6 is 0 Å². The van der Waals surface area contributed by atoms with Gasteiger partial charge in [0.25, 0.3) is 0 Å². The van der Waals surface area contributed by atoms with Crippen LogP contribution in [0.3, 0.4) is 0 Å². The van der Waals surface area contributed by atoms with Gasteiger partial charge in [-0.25, -0.2) is 4.39 Å². The van der Waals surface area contributed by atoms with Crippen molar-refractivity contribution in [2.24, 2.45) is 0 Å². The number of aromatic amines is 1. The zero-order valence-corrected chi connectivity index (χ0v) is 25.5. The first-order valence-corrected chi connectivity index (χ1v) is 14.4. The SMILES string of the molecule is COCCN(CCOC)Cc1n[nH]nc1CN1CCOC(OC(C)c2cc(C(F)(F)F)cc(C(F)(F)F)c2)C1c1ccc(F)cc1. The molecule has 0 aliphatic carbocycles. The van der Waals surface area contributed by atoms with Gasteiger partial charge in [0.15, 0.2) is 6.29 Å². The number of morpholine rings is 1. The Morgan fingerprint density at radius 2 is 1.52 bits per heavy atom. The molecule has 0 amide bonds. The summed E-state index contributed by atoms with van der Waals surface area (Å²) >= 11 is 0. The number of aromatic nitrogens is 3. The summed E-state index contributed by atoms with van der Waals surface area (Å²) in [7, 11) is 3.21. The van der Waals surface area contributed by atoms with Crippen LogP contribution in [0, 0.1) is 5.82 Å². The molecule has 3 unspecified atom stereocenters. The van der Waals surface area contributed by atoms with Crippen molar-refractivity contribution >= 4 is 0 Å². The number of alkyl halides is 6. The smallest absolute Gasteiger partial charge is 0.383 e. The van der Waals surface area contributed by atoms with E-state index in [0.29, 0.717) is 68.5 Å². The monoisotopic (exact) mass is 663 g/mol. The van der Waals surface area contributed by atoms with Crippen molar-refractivity contribution < 1.29 is 49.7 Å². The maximum Gasteiger partial charge on any atom is 0.416 e. The highest BCUT2D eigenvalue weighted by atomic mass is 19.4. The van der Waals surface area contributed by atoms with Crippen LogP contribution in [0.15, 0.2) is 42.5 Å². The van der Waals surface area contributed by atoms with Crippen LogP contribution in [-0.4, -0.2) is 85.2 Å². The van der Waals surface area contributed by atoms with Crippen molar-refractivity contribution in [1.29, 1.82) is 0 Å². The van der Waals surface area contributed by atoms with Gasteiger partial charge in [-0.1, -0.05) is 12.1 Å². The molecule has 0 saturated carbocycles. The van der Waals surface area contributed by atoms with Gasteiger partial charge in [-0.2, -0.15) is 41.8 Å². The quantitative estimate of drug-likeness (QED) is 0.218. The summed E-state index contributed by atoms with van der Waals surface area (Å²) in [6.07, 6.45) is -12.4. The molecular weight excluding hydrogens is 627 g/mol. The van der Waals surface area contributed by atoms with Gasteiger partial charge in [-0.05, 0) is 48.4 Å². The molecular formula is C30H36F7N5O4. The number of halogens is 7. The Bertz CT molecular complexity index is 1350. The molecule has 16 heteroatoms. The van der Waals surface area contributed by atoms with Crippen LogP contribution < -0.4 is 0 Å². The fourth-order valence-electron chi connectivity index (χ4n) is 5.14. The molecule has 46 heavy (non-hydrogen) atoms. The van der Waals surface area contributed by atoms with Crippen molar-refractivity contribution in [3.8, 4) is 0 Å². The van der Waals surface area contributed by atoms with E-state index < -0.39 is 47.7 Å². The molecule has 2 aromatic carbocycles. The zero-order chi connectivity index (χ0) is 33.5. The Morgan fingerprint density at radius 1 is 0.935 bits per heavy atom. The van der Waals surface area contributed by atoms with Gasteiger partial charge in [-0.3, -0.25) is 9.80 Å². The number of rotatable bonds is 14. The Labute approximate surface area is 261 Å². The molecule has 1 fully saturated rings. The third-order valence-electron chi connectivity index (χ3n) is 7.59. The van der Waals surface area contributed by atoms with Crippen molar-refractivity contribution in [2.45, 2.75) is 50.8 Å². The average molecular weight is 664 g/mol. The standard InChI is InChI=1S/C30H36F7N5O4/c1-19(21-14-22(29(32,33)34)16-23(15-21)30(35,36)37)46-28-27(20-4-6-24(31)7-5-20)42(10-13-45-28)18-26-25(38-40-39-26)17-41(8-11-43-2)9-12-44-3/h4-7,14-16,19,27-28H,8-13,17-18H2,1-3H3,(H,38,39,40). The molecule has 0 radical (unpaired) electrons. The second-order valence-corrected chi connectivity index (χ2v) is 10.8. The van der Waals surface area contributed by atoms with E-state index >= 15 is 0 Å². The highest BCUT2D eigenvalue weighted by molar-refractivity contribution is 5.35. The summed E-state index contributed by atoms with van der Waals surface area (Å²) < 4.78 is 118. The number of hydrogen-bond donors (Lipinski definition) is 1. The van der Waals surface area contributed by atoms with E-state index in [4.69, 9.17) is 18.9 Å². The van der Waals surface area contributed by atoms with E-state index in [1.54, 1.807) is 14.2 Å². The van der Waals surface area contributed by atoms with E-state index in [-0.39, 0.29) is 24.8 Å². The largest absolute Gasteiger partial charge is 0.416 e. The molecule has 0 bridgehead atoms. The predicted octanol–water partition coefficient (Wildman–Crippen LogP) is 5.75. The molecule has 2 heterocycles. The fourth-order valence-corrected chi connectivity index (χ4v) is 5.14. The second-order valence-electron chi connectivity index (χ2n) is 10.8. The minimum absolute atomic E-state index is 0.0670. The maximum atomic E-state index is 13.9. The molecule has 3 atom stereocenters. The molecule has 3 aromatic rings. The highest BCUT2D eigenvalue weighted by Gasteiger charge is 2.39. The molecule has 1 N–H and O–H groups in total. The van der Waals surface area contributed by atoms with Crippen LogP contribution in [0.1, 0.15) is 52.7 Å². The van der Waals surface area contributed by atoms with Gasteiger partial charge in [0.1, 0.15) is 17.2 Å². The molecule has 4 rings (SSSR count). The van der Waals surface area contributed by atoms with Crippen molar-refractivity contribution in [3.63, 3.8) is 0 Å². The van der Waals surface area contributed by atoms with Crippen LogP contribution in [0.25, 0.3) is 0 Å². The zero-order valence-electron chi connectivity index (χ0n) is 25.5. The van der Waals surface area contributed by atoms with E-state index in [1.807, 2.05) is 4.90 Å². The van der Waals surface area contributed by atoms with Gasteiger partial charge in [0.05, 0.1) is 43.1 Å². The van der Waals surface area contributed by atoms with Crippen molar-refractivity contribution in [1.82, 2.24) is 25.2 Å². The predicted molar refractivity (Wildman–Crippen MR) is 151 cm³/mol. The molecule has 1 aromatic heterocycles. The number of hydrogen-bond acceptors (Lipinski definition) is 8. The average Bonchev–Trinajstić information content (AvgIpc) is 3.44. The first-order chi connectivity index (χ1) is 21.8. The van der Waals surface area contributed by atoms with Gasteiger partial charge in [0.2, 0.25) is 0 Å². The minimum Gasteiger partial charge on any atom is -0.383 e. The lowest BCUT2D eigenvalue weighted by Crippen LogP contribution is -2.46. The third-order valence-corrected chi connectivity index (χ3v) is 7.59. The normalized spacial score (nSPS) is 18.8. The summed E-state index contributed by atoms with van der Waals surface area (Å²) in [4.78, 5) is 4.03. The topological polar surface area (TPSA) is 85.0 Å². The Kier molecular flexibility index (Phi) is 12.1. The number of nitrogens with zero attached hydrogens (tertiary/aromatic N) is 4. The Morgan fingerprint density at radius 3 is 2.09 bits per heavy atom. The van der Waals surface area contributed by atoms with Crippen LogP contribution in [0.4, 0.5) is 30.7 Å². The molecule has 1 saturated heterocycles. The number of nitrogens with one attached hydrogen (secondary N) is 1. The minimum atomic E-state index is -5.01. The summed E-state index contributed by atoms with van der Waals surface area (Å²) in [6, 6.07) is 6.14. The van der Waals surface area contributed by atoms with E-state index in [2.05, 4.69) is 20.3 Å². The van der Waals surface area contributed by atoms with E-state index in [1.165, 1.54) is 31.2 Å². The lowest BCUT2D eigenvalue weighted by molar-refractivity contribution is -0.231. The van der Waals surface area contributed by atoms with E-state index in [0.717, 1.165) is 0 Å². The number of benzene rings is 2. The number of H-pyrrole nitrogens is 1. The maximum absolute atomic E-state index is 13.9. The first-order valence-electron chi connectivity index (χ1n) is 14.4. The van der Waals surface area contributed by atoms with E-state index in [9.17, 15) is 30.7 Å². The van der Waals surface area contributed by atoms with Crippen LogP contribution in [0.2, 0.25) is 0 Å². The van der Waals surface area contributed by atoms with Gasteiger partial charge in [0, 0.05) is 46.9 Å². The Hall–Kier alpha value is -3.15. The summed E-state index contributed by atoms with van der Waals surface area (Å²) in [5, 5.41) is 11.3. The molecule has 1 aliphatic rings. The summed E-state index contributed by atoms with van der Waals surface area (Å²) in [5.74, 6) is -0.493. The number of methoxy groups -OCH3 is 2. The van der Waals surface area contributed by atoms with Crippen molar-refractivity contribution in [3.05, 3.63) is 81.9 Å². The first kappa shape index (κ1) is 35.7. The molecule has 1 aliphatic heterocycles. The molecule has 254 valence electrons. The molecule has 0 spiro atoms. The third kappa shape index (κ3) is 9.45. The van der Waals surface area contributed by atoms with Crippen LogP contribution in [-0.2, 0) is 44.4 Å². The summed E-state index contributed by atoms with van der Waals surface area (Å²) in [6.45, 7) is 4.70. The van der Waals surface area contributed by atoms with Crippen molar-refractivity contribution in [2.75, 3.05) is 53.7 Å². The fraction of sp³-hybridized carbons (Fsp3) is 0.533.